The second kappa shape index (κ2) is 9.45. The number of nitrogens with zero attached hydrogens (tertiary/aromatic N) is 4. The fourth-order valence-electron chi connectivity index (χ4n) is 4.92. The molecule has 2 fully saturated rings. The molecular weight excluding hydrogens is 416 g/mol. The summed E-state index contributed by atoms with van der Waals surface area (Å²) >= 11 is 0. The molecule has 5 rings (SSSR count). The topological polar surface area (TPSA) is 78.8 Å². The highest BCUT2D eigenvalue weighted by atomic mass is 16.5. The van der Waals surface area contributed by atoms with E-state index in [2.05, 4.69) is 16.0 Å². The number of rotatable bonds is 4. The molecule has 0 radical (unpaired) electrons. The number of carbonyl (C=O) groups excluding carboxylic acids is 1. The molecule has 7 nitrogen and oxygen atoms in total. The van der Waals surface area contributed by atoms with Crippen LogP contribution in [0.4, 0.5) is 5.82 Å². The highest BCUT2D eigenvalue weighted by molar-refractivity contribution is 6.01. The Bertz CT molecular complexity index is 1130. The molecule has 33 heavy (non-hydrogen) atoms. The maximum absolute atomic E-state index is 13.4. The lowest BCUT2D eigenvalue weighted by Gasteiger charge is -2.35. The maximum Gasteiger partial charge on any atom is 0.272 e. The number of likely N-dealkylation sites (N-methyl/N-ethyl adjacent to an activating group) is 1. The van der Waals surface area contributed by atoms with Gasteiger partial charge in [-0.15, -0.1) is 0 Å². The van der Waals surface area contributed by atoms with Crippen LogP contribution in [0.3, 0.4) is 0 Å². The summed E-state index contributed by atoms with van der Waals surface area (Å²) < 4.78 is 5.44. The summed E-state index contributed by atoms with van der Waals surface area (Å²) in [6.07, 6.45) is 4.97. The SMILES string of the molecule is CN(C(=O)c1cc(-c2ccc(N3CCOCC3)nc2)c2ccccc2n1)[C@H]1CCCC[C@@H]1O. The molecule has 0 unspecified atom stereocenters. The van der Waals surface area contributed by atoms with Crippen molar-refractivity contribution in [2.24, 2.45) is 0 Å². The van der Waals surface area contributed by atoms with Gasteiger partial charge in [-0.2, -0.15) is 0 Å². The van der Waals surface area contributed by atoms with Crippen LogP contribution in [0.15, 0.2) is 48.7 Å². The average molecular weight is 447 g/mol. The van der Waals surface area contributed by atoms with Gasteiger partial charge in [0.25, 0.3) is 5.91 Å². The molecule has 3 aromatic rings. The Morgan fingerprint density at radius 3 is 2.67 bits per heavy atom. The van der Waals surface area contributed by atoms with Crippen LogP contribution >= 0.6 is 0 Å². The van der Waals surface area contributed by atoms with Gasteiger partial charge in [0.2, 0.25) is 0 Å². The van der Waals surface area contributed by atoms with Crippen LogP contribution in [0.2, 0.25) is 0 Å². The lowest BCUT2D eigenvalue weighted by molar-refractivity contribution is 0.0265. The number of morpholine rings is 1. The van der Waals surface area contributed by atoms with Crippen LogP contribution in [0.5, 0.6) is 0 Å². The molecule has 2 atom stereocenters. The zero-order valence-corrected chi connectivity index (χ0v) is 19.0. The first-order valence-electron chi connectivity index (χ1n) is 11.8. The molecule has 1 N–H and O–H groups in total. The number of benzene rings is 1. The summed E-state index contributed by atoms with van der Waals surface area (Å²) in [4.78, 5) is 26.7. The minimum absolute atomic E-state index is 0.161. The van der Waals surface area contributed by atoms with Gasteiger partial charge in [-0.25, -0.2) is 9.97 Å². The van der Waals surface area contributed by atoms with E-state index in [4.69, 9.17) is 9.72 Å². The molecule has 3 heterocycles. The highest BCUT2D eigenvalue weighted by Crippen LogP contribution is 2.30. The van der Waals surface area contributed by atoms with Crippen molar-refractivity contribution in [1.82, 2.24) is 14.9 Å². The number of hydrogen-bond acceptors (Lipinski definition) is 6. The predicted octanol–water partition coefficient (Wildman–Crippen LogP) is 3.51. The molecule has 172 valence electrons. The van der Waals surface area contributed by atoms with Gasteiger partial charge in [0.05, 0.1) is 30.9 Å². The van der Waals surface area contributed by atoms with Gasteiger partial charge in [0.15, 0.2) is 0 Å². The third-order valence-corrected chi connectivity index (χ3v) is 6.84. The summed E-state index contributed by atoms with van der Waals surface area (Å²) in [6, 6.07) is 13.7. The standard InChI is InChI=1S/C26H30N4O3/c1-29(23-8-4-5-9-24(23)31)26(32)22-16-20(19-6-2-3-7-21(19)28-22)18-10-11-25(27-17-18)30-12-14-33-15-13-30/h2-3,6-7,10-11,16-17,23-24,31H,4-5,8-9,12-15H2,1H3/t23-,24-/m0/s1. The molecule has 1 aliphatic heterocycles. The molecule has 0 bridgehead atoms. The average Bonchev–Trinajstić information content (AvgIpc) is 2.88. The van der Waals surface area contributed by atoms with E-state index in [0.717, 1.165) is 66.6 Å². The Morgan fingerprint density at radius 2 is 1.91 bits per heavy atom. The monoisotopic (exact) mass is 446 g/mol. The zero-order chi connectivity index (χ0) is 22.8. The van der Waals surface area contributed by atoms with Crippen LogP contribution in [-0.4, -0.2) is 71.4 Å². The molecular formula is C26H30N4O3. The lowest BCUT2D eigenvalue weighted by atomic mass is 9.91. The first-order chi connectivity index (χ1) is 16.1. The largest absolute Gasteiger partial charge is 0.391 e. The van der Waals surface area contributed by atoms with E-state index in [1.165, 1.54) is 0 Å². The van der Waals surface area contributed by atoms with Crippen molar-refractivity contribution in [3.05, 3.63) is 54.4 Å². The fourth-order valence-corrected chi connectivity index (χ4v) is 4.92. The van der Waals surface area contributed by atoms with E-state index in [1.54, 1.807) is 11.9 Å². The van der Waals surface area contributed by atoms with Crippen molar-refractivity contribution in [1.29, 1.82) is 0 Å². The minimum Gasteiger partial charge on any atom is -0.391 e. The Morgan fingerprint density at radius 1 is 1.12 bits per heavy atom. The van der Waals surface area contributed by atoms with Gasteiger partial charge >= 0.3 is 0 Å². The summed E-state index contributed by atoms with van der Waals surface area (Å²) in [6.45, 7) is 3.10. The molecule has 1 saturated carbocycles. The van der Waals surface area contributed by atoms with Crippen molar-refractivity contribution in [2.75, 3.05) is 38.3 Å². The minimum atomic E-state index is -0.482. The second-order valence-electron chi connectivity index (χ2n) is 8.91. The quantitative estimate of drug-likeness (QED) is 0.661. The number of fused-ring (bicyclic) bond motifs is 1. The molecule has 1 saturated heterocycles. The van der Waals surface area contributed by atoms with Crippen molar-refractivity contribution < 1.29 is 14.6 Å². The fraction of sp³-hybridized carbons (Fsp3) is 0.423. The van der Waals surface area contributed by atoms with Crippen molar-refractivity contribution >= 4 is 22.6 Å². The summed E-state index contributed by atoms with van der Waals surface area (Å²) in [5, 5.41) is 11.4. The number of anilines is 1. The van der Waals surface area contributed by atoms with Crippen molar-refractivity contribution in [3.63, 3.8) is 0 Å². The number of para-hydroxylation sites is 1. The number of pyridine rings is 2. The molecule has 2 aromatic heterocycles. The molecule has 1 amide bonds. The third kappa shape index (κ3) is 4.43. The van der Waals surface area contributed by atoms with Crippen LogP contribution in [0.25, 0.3) is 22.0 Å². The van der Waals surface area contributed by atoms with E-state index >= 15 is 0 Å². The second-order valence-corrected chi connectivity index (χ2v) is 8.91. The van der Waals surface area contributed by atoms with Crippen LogP contribution in [-0.2, 0) is 4.74 Å². The Balaban J connectivity index is 1.49. The summed E-state index contributed by atoms with van der Waals surface area (Å²) in [7, 11) is 1.77. The molecule has 1 aliphatic carbocycles. The number of aromatic nitrogens is 2. The molecule has 2 aliphatic rings. The molecule has 1 aromatic carbocycles. The first-order valence-corrected chi connectivity index (χ1v) is 11.8. The third-order valence-electron chi connectivity index (χ3n) is 6.84. The Hall–Kier alpha value is -3.03. The number of amides is 1. The van der Waals surface area contributed by atoms with Gasteiger partial charge in [-0.05, 0) is 42.7 Å². The number of carbonyl (C=O) groups is 1. The van der Waals surface area contributed by atoms with Crippen LogP contribution in [0.1, 0.15) is 36.2 Å². The van der Waals surface area contributed by atoms with E-state index < -0.39 is 6.10 Å². The van der Waals surface area contributed by atoms with Gasteiger partial charge in [-0.1, -0.05) is 31.0 Å². The number of aliphatic hydroxyl groups excluding tert-OH is 1. The highest BCUT2D eigenvalue weighted by Gasteiger charge is 2.30. The Labute approximate surface area is 194 Å². The molecule has 7 heteroatoms. The normalized spacial score (nSPS) is 21.2. The number of aliphatic hydroxyl groups is 1. The predicted molar refractivity (Wildman–Crippen MR) is 128 cm³/mol. The van der Waals surface area contributed by atoms with E-state index in [1.807, 2.05) is 42.6 Å². The maximum atomic E-state index is 13.4. The lowest BCUT2D eigenvalue weighted by Crippen LogP contribution is -2.46. The van der Waals surface area contributed by atoms with E-state index in [-0.39, 0.29) is 11.9 Å². The van der Waals surface area contributed by atoms with Crippen molar-refractivity contribution in [3.8, 4) is 11.1 Å². The molecule has 0 spiro atoms. The van der Waals surface area contributed by atoms with E-state index in [9.17, 15) is 9.90 Å². The first kappa shape index (κ1) is 21.8. The number of ether oxygens (including phenoxy) is 1. The smallest absolute Gasteiger partial charge is 0.272 e. The van der Waals surface area contributed by atoms with Crippen LogP contribution in [0, 0.1) is 0 Å². The Kier molecular flexibility index (Phi) is 6.24. The van der Waals surface area contributed by atoms with Crippen molar-refractivity contribution in [2.45, 2.75) is 37.8 Å². The van der Waals surface area contributed by atoms with E-state index in [0.29, 0.717) is 18.9 Å². The summed E-state index contributed by atoms with van der Waals surface area (Å²) in [5.41, 5.74) is 3.04. The van der Waals surface area contributed by atoms with Gasteiger partial charge < -0.3 is 19.6 Å². The number of hydrogen-bond donors (Lipinski definition) is 1. The van der Waals surface area contributed by atoms with Crippen LogP contribution < -0.4 is 4.90 Å². The van der Waals surface area contributed by atoms with Gasteiger partial charge in [0, 0.05) is 37.3 Å². The zero-order valence-electron chi connectivity index (χ0n) is 19.0. The summed E-state index contributed by atoms with van der Waals surface area (Å²) in [5.74, 6) is 0.772. The van der Waals surface area contributed by atoms with Gasteiger partial charge in [0.1, 0.15) is 11.5 Å². The van der Waals surface area contributed by atoms with Gasteiger partial charge in [-0.3, -0.25) is 4.79 Å².